The number of hydrogen-bond donors (Lipinski definition) is 1. The number of aryl methyl sites for hydroxylation is 2. The third-order valence-corrected chi connectivity index (χ3v) is 5.43. The number of benzene rings is 2. The van der Waals surface area contributed by atoms with Gasteiger partial charge in [0.2, 0.25) is 5.91 Å². The number of imidazole rings is 1. The van der Waals surface area contributed by atoms with E-state index in [9.17, 15) is 14.0 Å². The van der Waals surface area contributed by atoms with Gasteiger partial charge in [-0.1, -0.05) is 18.2 Å². The number of hydrogen-bond acceptors (Lipinski definition) is 3. The Hall–Kier alpha value is -3.74. The molecule has 4 rings (SSSR count). The monoisotopic (exact) mass is 432 g/mol. The molecule has 6 nitrogen and oxygen atoms in total. The van der Waals surface area contributed by atoms with Crippen molar-refractivity contribution in [1.29, 1.82) is 0 Å². The van der Waals surface area contributed by atoms with E-state index >= 15 is 0 Å². The quantitative estimate of drug-likeness (QED) is 0.403. The fourth-order valence-corrected chi connectivity index (χ4v) is 3.79. The molecule has 2 heterocycles. The highest BCUT2D eigenvalue weighted by molar-refractivity contribution is 6.03. The highest BCUT2D eigenvalue weighted by atomic mass is 19.1. The van der Waals surface area contributed by atoms with Gasteiger partial charge in [-0.25, -0.2) is 9.37 Å². The van der Waals surface area contributed by atoms with Crippen molar-refractivity contribution < 1.29 is 14.0 Å². The molecule has 0 bridgehead atoms. The highest BCUT2D eigenvalue weighted by Gasteiger charge is 2.15. The first-order chi connectivity index (χ1) is 15.6. The second-order valence-electron chi connectivity index (χ2n) is 7.71. The van der Waals surface area contributed by atoms with Gasteiger partial charge < -0.3 is 9.88 Å². The van der Waals surface area contributed by atoms with E-state index in [2.05, 4.69) is 10.3 Å². The van der Waals surface area contributed by atoms with Crippen LogP contribution in [0, 0.1) is 5.82 Å². The van der Waals surface area contributed by atoms with E-state index in [1.807, 2.05) is 41.2 Å². The fourth-order valence-electron chi connectivity index (χ4n) is 3.79. The number of carbonyl (C=O) groups excluding carboxylic acids is 2. The van der Waals surface area contributed by atoms with Crippen molar-refractivity contribution in [2.45, 2.75) is 32.2 Å². The molecule has 0 radical (unpaired) electrons. The Kier molecular flexibility index (Phi) is 6.75. The van der Waals surface area contributed by atoms with Gasteiger partial charge in [-0.05, 0) is 55.2 Å². The molecule has 0 aliphatic heterocycles. The van der Waals surface area contributed by atoms with Crippen molar-refractivity contribution in [2.24, 2.45) is 0 Å². The molecule has 0 unspecified atom stereocenters. The Bertz CT molecular complexity index is 1200. The topological polar surface area (TPSA) is 68.9 Å². The van der Waals surface area contributed by atoms with Crippen LogP contribution in [-0.4, -0.2) is 32.5 Å². The third kappa shape index (κ3) is 5.11. The number of halogens is 1. The van der Waals surface area contributed by atoms with Crippen LogP contribution in [0.3, 0.4) is 0 Å². The van der Waals surface area contributed by atoms with Crippen molar-refractivity contribution in [3.05, 3.63) is 90.4 Å². The Morgan fingerprint density at radius 3 is 2.62 bits per heavy atom. The second kappa shape index (κ2) is 10.0. The third-order valence-electron chi connectivity index (χ3n) is 5.43. The number of rotatable bonds is 9. The number of nitrogens with one attached hydrogen (secondary N) is 1. The van der Waals surface area contributed by atoms with Crippen molar-refractivity contribution in [2.75, 3.05) is 6.54 Å². The molecule has 1 amide bonds. The van der Waals surface area contributed by atoms with Gasteiger partial charge >= 0.3 is 0 Å². The Morgan fingerprint density at radius 1 is 1.03 bits per heavy atom. The lowest BCUT2D eigenvalue weighted by molar-refractivity contribution is -0.121. The molecule has 0 atom stereocenters. The molecule has 0 saturated carbocycles. The summed E-state index contributed by atoms with van der Waals surface area (Å²) in [5.74, 6) is -0.551. The SMILES string of the molecule is O=C(CCCc1cn(C(=O)c2ccc(F)cc2)c2ccccc12)NCCCn1ccnc1. The summed E-state index contributed by atoms with van der Waals surface area (Å²) < 4.78 is 16.8. The first kappa shape index (κ1) is 21.5. The molecule has 32 heavy (non-hydrogen) atoms. The van der Waals surface area contributed by atoms with Crippen LogP contribution in [0.2, 0.25) is 0 Å². The molecular formula is C25H25FN4O2. The average Bonchev–Trinajstić information content (AvgIpc) is 3.45. The molecule has 0 aliphatic rings. The van der Waals surface area contributed by atoms with E-state index in [4.69, 9.17) is 0 Å². The van der Waals surface area contributed by atoms with Gasteiger partial charge in [0.25, 0.3) is 5.91 Å². The maximum absolute atomic E-state index is 13.2. The summed E-state index contributed by atoms with van der Waals surface area (Å²) in [6.07, 6.45) is 9.89. The Morgan fingerprint density at radius 2 is 1.84 bits per heavy atom. The van der Waals surface area contributed by atoms with Gasteiger partial charge in [0.05, 0.1) is 11.8 Å². The van der Waals surface area contributed by atoms with E-state index < -0.39 is 0 Å². The molecule has 0 aliphatic carbocycles. The molecule has 1 N–H and O–H groups in total. The number of nitrogens with zero attached hydrogens (tertiary/aromatic N) is 3. The minimum Gasteiger partial charge on any atom is -0.356 e. The molecule has 2 aromatic heterocycles. The largest absolute Gasteiger partial charge is 0.356 e. The van der Waals surface area contributed by atoms with Crippen LogP contribution < -0.4 is 5.32 Å². The van der Waals surface area contributed by atoms with Crippen molar-refractivity contribution in [1.82, 2.24) is 19.4 Å². The van der Waals surface area contributed by atoms with Crippen LogP contribution >= 0.6 is 0 Å². The second-order valence-corrected chi connectivity index (χ2v) is 7.71. The van der Waals surface area contributed by atoms with Crippen LogP contribution in [0.15, 0.2) is 73.4 Å². The lowest BCUT2D eigenvalue weighted by Gasteiger charge is -2.06. The molecule has 0 saturated heterocycles. The van der Waals surface area contributed by atoms with E-state index in [-0.39, 0.29) is 17.6 Å². The average molecular weight is 432 g/mol. The molecule has 4 aromatic rings. The summed E-state index contributed by atoms with van der Waals surface area (Å²) in [5.41, 5.74) is 2.25. The lowest BCUT2D eigenvalue weighted by atomic mass is 10.1. The summed E-state index contributed by atoms with van der Waals surface area (Å²) in [6, 6.07) is 13.3. The van der Waals surface area contributed by atoms with Crippen molar-refractivity contribution in [3.63, 3.8) is 0 Å². The zero-order chi connectivity index (χ0) is 22.3. The summed E-state index contributed by atoms with van der Waals surface area (Å²) in [7, 11) is 0. The van der Waals surface area contributed by atoms with Gasteiger partial charge in [0.1, 0.15) is 5.82 Å². The first-order valence-electron chi connectivity index (χ1n) is 10.7. The van der Waals surface area contributed by atoms with Gasteiger partial charge in [-0.15, -0.1) is 0 Å². The van der Waals surface area contributed by atoms with Crippen molar-refractivity contribution >= 4 is 22.7 Å². The zero-order valence-electron chi connectivity index (χ0n) is 17.7. The summed E-state index contributed by atoms with van der Waals surface area (Å²) in [4.78, 5) is 29.1. The predicted octanol–water partition coefficient (Wildman–Crippen LogP) is 4.19. The Labute approximate surface area is 185 Å². The zero-order valence-corrected chi connectivity index (χ0v) is 17.7. The van der Waals surface area contributed by atoms with Crippen LogP contribution in [0.1, 0.15) is 35.2 Å². The number of carbonyl (C=O) groups is 2. The number of aromatic nitrogens is 3. The van der Waals surface area contributed by atoms with E-state index in [1.54, 1.807) is 17.1 Å². The van der Waals surface area contributed by atoms with E-state index in [1.165, 1.54) is 24.3 Å². The highest BCUT2D eigenvalue weighted by Crippen LogP contribution is 2.24. The van der Waals surface area contributed by atoms with Gasteiger partial charge in [0.15, 0.2) is 0 Å². The van der Waals surface area contributed by atoms with Crippen LogP contribution in [0.4, 0.5) is 4.39 Å². The number of fused-ring (bicyclic) bond motifs is 1. The summed E-state index contributed by atoms with van der Waals surface area (Å²) in [5, 5.41) is 3.94. The van der Waals surface area contributed by atoms with Gasteiger partial charge in [0, 0.05) is 49.1 Å². The predicted molar refractivity (Wildman–Crippen MR) is 121 cm³/mol. The lowest BCUT2D eigenvalue weighted by Crippen LogP contribution is -2.24. The normalized spacial score (nSPS) is 11.0. The van der Waals surface area contributed by atoms with Crippen LogP contribution in [-0.2, 0) is 17.8 Å². The van der Waals surface area contributed by atoms with E-state index in [0.29, 0.717) is 31.4 Å². The number of amides is 1. The van der Waals surface area contributed by atoms with Crippen molar-refractivity contribution in [3.8, 4) is 0 Å². The smallest absolute Gasteiger partial charge is 0.262 e. The van der Waals surface area contributed by atoms with Gasteiger partial charge in [-0.2, -0.15) is 0 Å². The summed E-state index contributed by atoms with van der Waals surface area (Å²) >= 11 is 0. The standard InChI is InChI=1S/C25H25FN4O2/c26-21-11-9-19(10-12-21)25(32)30-17-20(22-6-1-2-7-23(22)30)5-3-8-24(31)28-13-4-15-29-16-14-27-18-29/h1-2,6-7,9-12,14,16-18H,3-5,8,13,15H2,(H,28,31). The summed E-state index contributed by atoms with van der Waals surface area (Å²) in [6.45, 7) is 1.45. The minimum absolute atomic E-state index is 0.0294. The Balaban J connectivity index is 1.34. The maximum atomic E-state index is 13.2. The fraction of sp³-hybridized carbons (Fsp3) is 0.240. The number of para-hydroxylation sites is 1. The molecule has 2 aromatic carbocycles. The van der Waals surface area contributed by atoms with Gasteiger partial charge in [-0.3, -0.25) is 14.2 Å². The maximum Gasteiger partial charge on any atom is 0.262 e. The molecule has 7 heteroatoms. The first-order valence-corrected chi connectivity index (χ1v) is 10.7. The van der Waals surface area contributed by atoms with E-state index in [0.717, 1.165) is 29.4 Å². The molecule has 0 spiro atoms. The minimum atomic E-state index is -0.375. The van der Waals surface area contributed by atoms with Crippen LogP contribution in [0.25, 0.3) is 10.9 Å². The van der Waals surface area contributed by atoms with Crippen LogP contribution in [0.5, 0.6) is 0 Å². The molecular weight excluding hydrogens is 407 g/mol. The molecule has 164 valence electrons. The molecule has 0 fully saturated rings.